The number of carbonyl (C=O) groups excluding carboxylic acids is 4. The van der Waals surface area contributed by atoms with Crippen LogP contribution in [0.3, 0.4) is 0 Å². The molecule has 1 unspecified atom stereocenters. The molecule has 12 heteroatoms. The van der Waals surface area contributed by atoms with Crippen LogP contribution in [0, 0.1) is 0 Å². The van der Waals surface area contributed by atoms with Crippen LogP contribution in [0.2, 0.25) is 0 Å². The number of rotatable bonds is 7. The van der Waals surface area contributed by atoms with Crippen LogP contribution in [0.1, 0.15) is 31.7 Å². The summed E-state index contributed by atoms with van der Waals surface area (Å²) >= 11 is 0. The number of imide groups is 1. The van der Waals surface area contributed by atoms with Gasteiger partial charge in [-0.05, 0) is 25.1 Å². The third-order valence-electron chi connectivity index (χ3n) is 5.31. The van der Waals surface area contributed by atoms with E-state index in [1.54, 1.807) is 4.90 Å². The van der Waals surface area contributed by atoms with E-state index in [-0.39, 0.29) is 43.3 Å². The summed E-state index contributed by atoms with van der Waals surface area (Å²) in [6, 6.07) is 3.05. The number of anilines is 2. The third-order valence-corrected chi connectivity index (χ3v) is 5.31. The Bertz CT molecular complexity index is 914. The molecule has 9 nitrogen and oxygen atoms in total. The molecule has 1 aromatic rings. The fourth-order valence-electron chi connectivity index (χ4n) is 3.51. The molecule has 180 valence electrons. The molecule has 0 aliphatic carbocycles. The SMILES string of the molecule is CC(OC(=O)CCN1C(=O)CCC1=O)C(=O)Nc1cc(C(F)(F)F)ccc1N1CCOCC1. The second kappa shape index (κ2) is 10.2. The van der Waals surface area contributed by atoms with Gasteiger partial charge in [0, 0.05) is 32.5 Å². The average molecular weight is 471 g/mol. The van der Waals surface area contributed by atoms with Gasteiger partial charge in [0.2, 0.25) is 11.8 Å². The van der Waals surface area contributed by atoms with Crippen molar-refractivity contribution < 1.29 is 41.8 Å². The minimum absolute atomic E-state index is 0.0621. The van der Waals surface area contributed by atoms with E-state index in [0.717, 1.165) is 17.0 Å². The van der Waals surface area contributed by atoms with Gasteiger partial charge in [-0.25, -0.2) is 0 Å². The maximum Gasteiger partial charge on any atom is 0.416 e. The molecule has 2 heterocycles. The molecule has 1 aromatic carbocycles. The van der Waals surface area contributed by atoms with Crippen LogP contribution in [-0.2, 0) is 34.8 Å². The summed E-state index contributed by atoms with van der Waals surface area (Å²) in [5.41, 5.74) is -0.600. The summed E-state index contributed by atoms with van der Waals surface area (Å²) in [7, 11) is 0. The lowest BCUT2D eigenvalue weighted by Gasteiger charge is -2.31. The number of benzene rings is 1. The minimum Gasteiger partial charge on any atom is -0.452 e. The van der Waals surface area contributed by atoms with Gasteiger partial charge in [0.15, 0.2) is 6.10 Å². The smallest absolute Gasteiger partial charge is 0.416 e. The highest BCUT2D eigenvalue weighted by Crippen LogP contribution is 2.36. The van der Waals surface area contributed by atoms with Crippen LogP contribution in [0.4, 0.5) is 24.5 Å². The lowest BCUT2D eigenvalue weighted by Crippen LogP contribution is -2.37. The molecule has 1 atom stereocenters. The number of esters is 1. The second-order valence-corrected chi connectivity index (χ2v) is 7.64. The van der Waals surface area contributed by atoms with Crippen molar-refractivity contribution in [2.45, 2.75) is 38.5 Å². The highest BCUT2D eigenvalue weighted by Gasteiger charge is 2.33. The zero-order chi connectivity index (χ0) is 24.2. The van der Waals surface area contributed by atoms with Crippen LogP contribution in [0.25, 0.3) is 0 Å². The summed E-state index contributed by atoms with van der Waals surface area (Å²) in [5.74, 6) is -2.38. The summed E-state index contributed by atoms with van der Waals surface area (Å²) in [6.07, 6.45) is -6.03. The van der Waals surface area contributed by atoms with Crippen molar-refractivity contribution in [3.05, 3.63) is 23.8 Å². The quantitative estimate of drug-likeness (QED) is 0.479. The lowest BCUT2D eigenvalue weighted by atomic mass is 10.1. The van der Waals surface area contributed by atoms with Gasteiger partial charge in [0.05, 0.1) is 36.6 Å². The molecule has 0 aromatic heterocycles. The minimum atomic E-state index is -4.61. The molecule has 3 amide bonds. The Morgan fingerprint density at radius 3 is 2.39 bits per heavy atom. The van der Waals surface area contributed by atoms with Crippen molar-refractivity contribution in [1.29, 1.82) is 0 Å². The first-order chi connectivity index (χ1) is 15.6. The number of alkyl halides is 3. The largest absolute Gasteiger partial charge is 0.452 e. The number of ether oxygens (including phenoxy) is 2. The summed E-state index contributed by atoms with van der Waals surface area (Å²) in [6.45, 7) is 2.79. The number of morpholine rings is 1. The summed E-state index contributed by atoms with van der Waals surface area (Å²) < 4.78 is 49.9. The van der Waals surface area contributed by atoms with E-state index >= 15 is 0 Å². The Kier molecular flexibility index (Phi) is 7.57. The van der Waals surface area contributed by atoms with E-state index in [0.29, 0.717) is 32.0 Å². The summed E-state index contributed by atoms with van der Waals surface area (Å²) in [5, 5.41) is 2.42. The normalized spacial score (nSPS) is 17.8. The van der Waals surface area contributed by atoms with Crippen molar-refractivity contribution in [2.24, 2.45) is 0 Å². The van der Waals surface area contributed by atoms with Gasteiger partial charge in [-0.15, -0.1) is 0 Å². The second-order valence-electron chi connectivity index (χ2n) is 7.64. The third kappa shape index (κ3) is 6.21. The van der Waals surface area contributed by atoms with Crippen molar-refractivity contribution in [3.8, 4) is 0 Å². The molecule has 2 saturated heterocycles. The van der Waals surface area contributed by atoms with Gasteiger partial charge >= 0.3 is 12.1 Å². The van der Waals surface area contributed by atoms with Crippen LogP contribution in [-0.4, -0.2) is 67.5 Å². The first kappa shape index (κ1) is 24.5. The number of likely N-dealkylation sites (tertiary alicyclic amines) is 1. The van der Waals surface area contributed by atoms with Crippen molar-refractivity contribution >= 4 is 35.1 Å². The standard InChI is InChI=1S/C21H24F3N3O6/c1-13(33-19(30)6-7-27-17(28)4-5-18(27)29)20(31)25-15-12-14(21(22,23)24)2-3-16(15)26-8-10-32-11-9-26/h2-3,12-13H,4-11H2,1H3,(H,25,31). The molecular weight excluding hydrogens is 447 g/mol. The molecule has 1 N–H and O–H groups in total. The lowest BCUT2D eigenvalue weighted by molar-refractivity contribution is -0.154. The first-order valence-electron chi connectivity index (χ1n) is 10.4. The van der Waals surface area contributed by atoms with Gasteiger partial charge in [-0.3, -0.25) is 24.1 Å². The van der Waals surface area contributed by atoms with Crippen molar-refractivity contribution in [3.63, 3.8) is 0 Å². The molecule has 0 bridgehead atoms. The Hall–Kier alpha value is -3.15. The van der Waals surface area contributed by atoms with E-state index in [4.69, 9.17) is 9.47 Å². The Morgan fingerprint density at radius 1 is 1.15 bits per heavy atom. The molecule has 0 radical (unpaired) electrons. The molecule has 2 fully saturated rings. The zero-order valence-corrected chi connectivity index (χ0v) is 17.9. The highest BCUT2D eigenvalue weighted by molar-refractivity contribution is 6.02. The van der Waals surface area contributed by atoms with Crippen LogP contribution < -0.4 is 10.2 Å². The van der Waals surface area contributed by atoms with Crippen molar-refractivity contribution in [2.75, 3.05) is 43.1 Å². The number of carbonyl (C=O) groups is 4. The van der Waals surface area contributed by atoms with E-state index in [2.05, 4.69) is 5.32 Å². The predicted octanol–water partition coefficient (Wildman–Crippen LogP) is 1.95. The Balaban J connectivity index is 1.65. The number of nitrogens with one attached hydrogen (secondary N) is 1. The molecule has 0 spiro atoms. The van der Waals surface area contributed by atoms with Gasteiger partial charge in [0.1, 0.15) is 0 Å². The monoisotopic (exact) mass is 471 g/mol. The van der Waals surface area contributed by atoms with Crippen molar-refractivity contribution in [1.82, 2.24) is 4.90 Å². The van der Waals surface area contributed by atoms with Crippen LogP contribution in [0.15, 0.2) is 18.2 Å². The molecule has 2 aliphatic rings. The van der Waals surface area contributed by atoms with E-state index in [9.17, 15) is 32.3 Å². The fourth-order valence-corrected chi connectivity index (χ4v) is 3.51. The van der Waals surface area contributed by atoms with Gasteiger partial charge < -0.3 is 19.7 Å². The average Bonchev–Trinajstić information content (AvgIpc) is 3.09. The van der Waals surface area contributed by atoms with E-state index in [1.165, 1.54) is 13.0 Å². The maximum atomic E-state index is 13.2. The Morgan fingerprint density at radius 2 is 1.79 bits per heavy atom. The van der Waals surface area contributed by atoms with E-state index in [1.807, 2.05) is 0 Å². The number of hydrogen-bond donors (Lipinski definition) is 1. The molecule has 2 aliphatic heterocycles. The van der Waals surface area contributed by atoms with E-state index < -0.39 is 29.7 Å². The highest BCUT2D eigenvalue weighted by atomic mass is 19.4. The van der Waals surface area contributed by atoms with Crippen LogP contribution >= 0.6 is 0 Å². The van der Waals surface area contributed by atoms with Gasteiger partial charge in [-0.2, -0.15) is 13.2 Å². The van der Waals surface area contributed by atoms with Gasteiger partial charge in [0.25, 0.3) is 5.91 Å². The van der Waals surface area contributed by atoms with Crippen LogP contribution in [0.5, 0.6) is 0 Å². The zero-order valence-electron chi connectivity index (χ0n) is 17.9. The first-order valence-corrected chi connectivity index (χ1v) is 10.4. The topological polar surface area (TPSA) is 105 Å². The Labute approximate surface area is 187 Å². The maximum absolute atomic E-state index is 13.2. The predicted molar refractivity (Wildman–Crippen MR) is 109 cm³/mol. The molecule has 3 rings (SSSR count). The number of nitrogens with zero attached hydrogens (tertiary/aromatic N) is 2. The number of amides is 3. The number of hydrogen-bond acceptors (Lipinski definition) is 7. The molecule has 0 saturated carbocycles. The number of halogens is 3. The molecular formula is C21H24F3N3O6. The molecule has 33 heavy (non-hydrogen) atoms. The summed E-state index contributed by atoms with van der Waals surface area (Å²) in [4.78, 5) is 50.6. The van der Waals surface area contributed by atoms with Gasteiger partial charge in [-0.1, -0.05) is 0 Å². The fraction of sp³-hybridized carbons (Fsp3) is 0.524.